The highest BCUT2D eigenvalue weighted by molar-refractivity contribution is 6.30. The number of aliphatic hydroxyl groups is 1. The molecule has 1 aliphatic rings. The lowest BCUT2D eigenvalue weighted by molar-refractivity contribution is -0.123. The van der Waals surface area contributed by atoms with E-state index in [0.29, 0.717) is 35.9 Å². The van der Waals surface area contributed by atoms with Gasteiger partial charge in [-0.3, -0.25) is 4.79 Å². The minimum Gasteiger partial charge on any atom is -0.396 e. The molecule has 5 nitrogen and oxygen atoms in total. The van der Waals surface area contributed by atoms with E-state index in [2.05, 4.69) is 37.5 Å². The first kappa shape index (κ1) is 26.5. The molecule has 7 heteroatoms. The SMILES string of the molecule is CC(C)(C)C[C@@H]1N[C@@H](C(=O)NCCCCO)[C@H](c2cccc(Cl)c2)[C@@]1(C#N)c1ccc(Cl)cc1. The number of carbonyl (C=O) groups excluding carboxylic acids is 1. The van der Waals surface area contributed by atoms with Crippen molar-refractivity contribution in [3.63, 3.8) is 0 Å². The maximum Gasteiger partial charge on any atom is 0.237 e. The summed E-state index contributed by atoms with van der Waals surface area (Å²) in [6.07, 6.45) is 1.99. The zero-order valence-electron chi connectivity index (χ0n) is 19.9. The summed E-state index contributed by atoms with van der Waals surface area (Å²) >= 11 is 12.6. The Kier molecular flexibility index (Phi) is 8.65. The van der Waals surface area contributed by atoms with Gasteiger partial charge in [0.15, 0.2) is 0 Å². The molecular weight excluding hydrogens is 469 g/mol. The molecular formula is C27H33Cl2N3O2. The Bertz CT molecular complexity index is 1030. The first-order chi connectivity index (χ1) is 16.1. The maximum atomic E-state index is 13.5. The predicted molar refractivity (Wildman–Crippen MR) is 137 cm³/mol. The van der Waals surface area contributed by atoms with E-state index in [0.717, 1.165) is 11.1 Å². The zero-order valence-corrected chi connectivity index (χ0v) is 21.5. The second-order valence-electron chi connectivity index (χ2n) is 10.2. The van der Waals surface area contributed by atoms with Crippen molar-refractivity contribution in [2.45, 2.75) is 63.5 Å². The number of unbranched alkanes of at least 4 members (excludes halogenated alkanes) is 1. The minimum atomic E-state index is -1.02. The Morgan fingerprint density at radius 1 is 1.15 bits per heavy atom. The average Bonchev–Trinajstić information content (AvgIpc) is 3.10. The normalized spacial score (nSPS) is 24.6. The third-order valence-corrected chi connectivity index (χ3v) is 6.94. The van der Waals surface area contributed by atoms with Crippen LogP contribution in [-0.2, 0) is 10.2 Å². The molecule has 0 aromatic heterocycles. The van der Waals surface area contributed by atoms with Crippen LogP contribution in [-0.4, -0.2) is 36.2 Å². The molecule has 34 heavy (non-hydrogen) atoms. The van der Waals surface area contributed by atoms with Crippen LogP contribution in [0.1, 0.15) is 57.1 Å². The van der Waals surface area contributed by atoms with Crippen molar-refractivity contribution in [3.8, 4) is 6.07 Å². The summed E-state index contributed by atoms with van der Waals surface area (Å²) < 4.78 is 0. The Morgan fingerprint density at radius 3 is 2.44 bits per heavy atom. The summed E-state index contributed by atoms with van der Waals surface area (Å²) in [5.41, 5.74) is 0.554. The van der Waals surface area contributed by atoms with Crippen LogP contribution in [0, 0.1) is 16.7 Å². The van der Waals surface area contributed by atoms with E-state index in [4.69, 9.17) is 28.3 Å². The van der Waals surface area contributed by atoms with Gasteiger partial charge in [-0.15, -0.1) is 0 Å². The molecule has 1 fully saturated rings. The molecule has 4 atom stereocenters. The molecule has 0 unspecified atom stereocenters. The molecule has 0 aliphatic carbocycles. The Hall–Kier alpha value is -2.10. The van der Waals surface area contributed by atoms with Crippen LogP contribution in [0.5, 0.6) is 0 Å². The van der Waals surface area contributed by atoms with Crippen LogP contribution in [0.25, 0.3) is 0 Å². The van der Waals surface area contributed by atoms with E-state index < -0.39 is 17.4 Å². The lowest BCUT2D eigenvalue weighted by Crippen LogP contribution is -2.45. The first-order valence-electron chi connectivity index (χ1n) is 11.7. The largest absolute Gasteiger partial charge is 0.396 e. The van der Waals surface area contributed by atoms with Crippen LogP contribution in [0.4, 0.5) is 0 Å². The van der Waals surface area contributed by atoms with Crippen LogP contribution >= 0.6 is 23.2 Å². The highest BCUT2D eigenvalue weighted by Crippen LogP contribution is 2.51. The van der Waals surface area contributed by atoms with Crippen molar-refractivity contribution < 1.29 is 9.90 Å². The zero-order chi connectivity index (χ0) is 24.9. The molecule has 0 spiro atoms. The summed E-state index contributed by atoms with van der Waals surface area (Å²) in [5, 5.41) is 27.6. The molecule has 0 radical (unpaired) electrons. The number of hydrogen-bond acceptors (Lipinski definition) is 4. The predicted octanol–water partition coefficient (Wildman–Crippen LogP) is 5.20. The van der Waals surface area contributed by atoms with E-state index in [1.165, 1.54) is 0 Å². The molecule has 3 N–H and O–H groups in total. The van der Waals surface area contributed by atoms with Gasteiger partial charge in [-0.2, -0.15) is 5.26 Å². The van der Waals surface area contributed by atoms with Gasteiger partial charge >= 0.3 is 0 Å². The van der Waals surface area contributed by atoms with Gasteiger partial charge in [-0.1, -0.05) is 68.2 Å². The van der Waals surface area contributed by atoms with E-state index >= 15 is 0 Å². The topological polar surface area (TPSA) is 85.2 Å². The van der Waals surface area contributed by atoms with Crippen LogP contribution in [0.3, 0.4) is 0 Å². The average molecular weight is 502 g/mol. The van der Waals surface area contributed by atoms with Crippen molar-refractivity contribution in [3.05, 3.63) is 69.7 Å². The summed E-state index contributed by atoms with van der Waals surface area (Å²) in [7, 11) is 0. The van der Waals surface area contributed by atoms with Gasteiger partial charge in [-0.05, 0) is 60.1 Å². The molecule has 0 saturated carbocycles. The number of hydrogen-bond donors (Lipinski definition) is 3. The summed E-state index contributed by atoms with van der Waals surface area (Å²) in [4.78, 5) is 13.5. The van der Waals surface area contributed by atoms with E-state index in [9.17, 15) is 10.1 Å². The van der Waals surface area contributed by atoms with Crippen molar-refractivity contribution in [1.29, 1.82) is 5.26 Å². The quantitative estimate of drug-likeness (QED) is 0.433. The van der Waals surface area contributed by atoms with Crippen LogP contribution in [0.15, 0.2) is 48.5 Å². The van der Waals surface area contributed by atoms with Crippen molar-refractivity contribution in [1.82, 2.24) is 10.6 Å². The van der Waals surface area contributed by atoms with E-state index in [1.54, 1.807) is 18.2 Å². The fourth-order valence-corrected chi connectivity index (χ4v) is 5.34. The fraction of sp³-hybridized carbons (Fsp3) is 0.481. The van der Waals surface area contributed by atoms with Gasteiger partial charge < -0.3 is 15.7 Å². The number of carbonyl (C=O) groups is 1. The lowest BCUT2D eigenvalue weighted by Gasteiger charge is -2.37. The Labute approximate surface area is 212 Å². The van der Waals surface area contributed by atoms with E-state index in [-0.39, 0.29) is 24.0 Å². The van der Waals surface area contributed by atoms with Gasteiger partial charge in [0.25, 0.3) is 0 Å². The number of aliphatic hydroxyl groups excluding tert-OH is 1. The van der Waals surface area contributed by atoms with E-state index in [1.807, 2.05) is 30.3 Å². The minimum absolute atomic E-state index is 0.0857. The molecule has 3 rings (SSSR count). The maximum absolute atomic E-state index is 13.5. The Morgan fingerprint density at radius 2 is 1.85 bits per heavy atom. The molecule has 2 aromatic carbocycles. The third kappa shape index (κ3) is 5.75. The standard InChI is InChI=1S/C27H33Cl2N3O2/c1-26(2,3)16-22-27(17-30,19-9-11-20(28)12-10-19)23(18-7-6-8-21(29)15-18)24(32-22)25(34)31-13-4-5-14-33/h6-12,15,22-24,32-33H,4-5,13-14,16H2,1-3H3,(H,31,34)/t22-,23-,24+,27-/m0/s1. The molecule has 0 bridgehead atoms. The molecule has 1 aliphatic heterocycles. The fourth-order valence-electron chi connectivity index (χ4n) is 5.02. The van der Waals surface area contributed by atoms with Crippen molar-refractivity contribution >= 4 is 29.1 Å². The van der Waals surface area contributed by atoms with Gasteiger partial charge in [0.2, 0.25) is 5.91 Å². The number of halogens is 2. The lowest BCUT2D eigenvalue weighted by atomic mass is 9.63. The number of nitrogens with zero attached hydrogens (tertiary/aromatic N) is 1. The van der Waals surface area contributed by atoms with Crippen LogP contribution in [0.2, 0.25) is 10.0 Å². The van der Waals surface area contributed by atoms with Gasteiger partial charge in [0.05, 0.1) is 12.1 Å². The van der Waals surface area contributed by atoms with Crippen LogP contribution < -0.4 is 10.6 Å². The highest BCUT2D eigenvalue weighted by atomic mass is 35.5. The summed E-state index contributed by atoms with van der Waals surface area (Å²) in [6.45, 7) is 6.95. The summed E-state index contributed by atoms with van der Waals surface area (Å²) in [5.74, 6) is -0.629. The molecule has 1 saturated heterocycles. The number of nitriles is 1. The summed E-state index contributed by atoms with van der Waals surface area (Å²) in [6, 6.07) is 16.5. The number of amides is 1. The van der Waals surface area contributed by atoms with Crippen molar-refractivity contribution in [2.24, 2.45) is 5.41 Å². The van der Waals surface area contributed by atoms with Gasteiger partial charge in [0.1, 0.15) is 5.41 Å². The van der Waals surface area contributed by atoms with Gasteiger partial charge in [0, 0.05) is 35.2 Å². The number of rotatable bonds is 8. The molecule has 1 heterocycles. The molecule has 182 valence electrons. The monoisotopic (exact) mass is 501 g/mol. The molecule has 2 aromatic rings. The smallest absolute Gasteiger partial charge is 0.237 e. The third-order valence-electron chi connectivity index (χ3n) is 6.45. The number of benzene rings is 2. The first-order valence-corrected chi connectivity index (χ1v) is 12.5. The van der Waals surface area contributed by atoms with Gasteiger partial charge in [-0.25, -0.2) is 0 Å². The van der Waals surface area contributed by atoms with Crippen molar-refractivity contribution in [2.75, 3.05) is 13.2 Å². The number of nitrogens with one attached hydrogen (secondary N) is 2. The molecule has 1 amide bonds. The Balaban J connectivity index is 2.16. The highest BCUT2D eigenvalue weighted by Gasteiger charge is 2.59. The second-order valence-corrected chi connectivity index (χ2v) is 11.1. The second kappa shape index (κ2) is 11.1.